The molecule has 0 N–H and O–H groups in total. The molecule has 10 nitrogen and oxygen atoms in total. The van der Waals surface area contributed by atoms with E-state index in [9.17, 15) is 0 Å². The number of hydrogen-bond acceptors (Lipinski definition) is 12. The second-order valence-electron chi connectivity index (χ2n) is 26.4. The van der Waals surface area contributed by atoms with Gasteiger partial charge in [0, 0.05) is 84.5 Å². The van der Waals surface area contributed by atoms with Gasteiger partial charge in [0.05, 0.1) is 0 Å². The van der Waals surface area contributed by atoms with E-state index in [0.29, 0.717) is 34.9 Å². The Labute approximate surface area is 641 Å². The van der Waals surface area contributed by atoms with Crippen LogP contribution >= 0.6 is 57.5 Å². The summed E-state index contributed by atoms with van der Waals surface area (Å²) in [6.45, 7) is 0. The molecule has 0 bridgehead atoms. The van der Waals surface area contributed by atoms with Crippen molar-refractivity contribution in [2.75, 3.05) is 0 Å². The van der Waals surface area contributed by atoms with Crippen molar-refractivity contribution in [2.45, 2.75) is 0 Å². The number of furan rings is 1. The zero-order valence-electron chi connectivity index (χ0n) is 56.9. The first-order valence-corrected chi connectivity index (χ1v) is 37.8. The Morgan fingerprint density at radius 3 is 1.12 bits per heavy atom. The molecular weight excluding hydrogens is 1430 g/mol. The van der Waals surface area contributed by atoms with E-state index in [-0.39, 0.29) is 15.9 Å². The number of benzene rings is 14. The maximum absolute atomic E-state index is 6.85. The quantitative estimate of drug-likeness (QED) is 0.110. The molecule has 0 fully saturated rings. The molecule has 0 aliphatic rings. The smallest absolute Gasteiger partial charge is 0.226 e. The Morgan fingerprint density at radius 2 is 0.565 bits per heavy atom. The third-order valence-electron chi connectivity index (χ3n) is 20.0. The third-order valence-corrected chi connectivity index (χ3v) is 22.9. The fourth-order valence-corrected chi connectivity index (χ4v) is 17.8. The molecule has 6 aromatic heterocycles. The summed E-state index contributed by atoms with van der Waals surface area (Å²) in [6.07, 6.45) is 0. The summed E-state index contributed by atoms with van der Waals surface area (Å²) in [5.41, 5.74) is 22.0. The zero-order valence-corrected chi connectivity index (χ0v) is 60.8. The molecule has 0 saturated carbocycles. The van der Waals surface area contributed by atoms with Crippen molar-refractivity contribution in [1.29, 1.82) is 0 Å². The first-order chi connectivity index (χ1) is 53.2. The Hall–Kier alpha value is -12.8. The van der Waals surface area contributed by atoms with E-state index in [1.54, 1.807) is 22.7 Å². The standard InChI is InChI=1S/C93H52Cl3N9OS2/c94-91-100-85(60-21-11-4-12-22-60)97-89(104-91)65-40-44-72-73-25-13-24-70(83(73)107-79(72)51-65)59-31-27-53(28-32-59)54-29-35-61(36-30-54)86-99-90(105-93(96)101-86)66-42-46-75-80(52-66)108-84-71(48-47-69(82(75)84)56-17-7-2-8-18-56)63-39-43-67(76(49-63)57-19-9-3-10-20-57)58-33-37-62(38-34-58)87-98-88(103-92(95)102-87)64-41-45-74-78(50-64)106-77-26-14-23-68(81(74)77)55-15-5-1-6-16-55/h1-52H. The number of fused-ring (bicyclic) bond motifs is 9. The predicted molar refractivity (Wildman–Crippen MR) is 445 cm³/mol. The minimum atomic E-state index is 0.0993. The predicted octanol–water partition coefficient (Wildman–Crippen LogP) is 26.5. The summed E-state index contributed by atoms with van der Waals surface area (Å²) in [4.78, 5) is 42.5. The lowest BCUT2D eigenvalue weighted by Crippen LogP contribution is -1.97. The van der Waals surface area contributed by atoms with Crippen molar-refractivity contribution in [3.8, 4) is 146 Å². The fourth-order valence-electron chi connectivity index (χ4n) is 14.8. The Balaban J connectivity index is 0.586. The van der Waals surface area contributed by atoms with Gasteiger partial charge in [0.1, 0.15) is 11.2 Å². The minimum absolute atomic E-state index is 0.0993. The molecule has 14 aromatic carbocycles. The van der Waals surface area contributed by atoms with Crippen molar-refractivity contribution in [3.63, 3.8) is 0 Å². The van der Waals surface area contributed by atoms with Crippen LogP contribution in [0.3, 0.4) is 0 Å². The van der Waals surface area contributed by atoms with Gasteiger partial charge in [0.15, 0.2) is 34.9 Å². The van der Waals surface area contributed by atoms with E-state index >= 15 is 0 Å². The van der Waals surface area contributed by atoms with Crippen LogP contribution in [-0.4, -0.2) is 44.9 Å². The zero-order chi connectivity index (χ0) is 71.9. The molecule has 6 heterocycles. The first-order valence-electron chi connectivity index (χ1n) is 35.0. The molecule has 0 saturated heterocycles. The lowest BCUT2D eigenvalue weighted by molar-refractivity contribution is 0.669. The van der Waals surface area contributed by atoms with E-state index in [4.69, 9.17) is 59.2 Å². The first kappa shape index (κ1) is 64.8. The molecule has 508 valence electrons. The van der Waals surface area contributed by atoms with Gasteiger partial charge >= 0.3 is 0 Å². The maximum atomic E-state index is 6.85. The highest BCUT2D eigenvalue weighted by Crippen LogP contribution is 2.49. The van der Waals surface area contributed by atoms with Gasteiger partial charge in [-0.1, -0.05) is 279 Å². The maximum Gasteiger partial charge on any atom is 0.226 e. The number of nitrogens with zero attached hydrogens (tertiary/aromatic N) is 9. The van der Waals surface area contributed by atoms with Crippen LogP contribution < -0.4 is 0 Å². The van der Waals surface area contributed by atoms with Gasteiger partial charge in [-0.3, -0.25) is 0 Å². The van der Waals surface area contributed by atoms with E-state index in [2.05, 4.69) is 255 Å². The molecule has 20 aromatic rings. The minimum Gasteiger partial charge on any atom is -0.456 e. The molecule has 0 aliphatic heterocycles. The molecule has 0 unspecified atom stereocenters. The number of rotatable bonds is 13. The highest BCUT2D eigenvalue weighted by Gasteiger charge is 2.23. The SMILES string of the molecule is Clc1nc(-c2ccc(-c3ccc(-c4ccc(-c5ccccc5)c5c4sc4cc(-c6nc(Cl)nc(-c7ccc(-c8ccc(-c9cccc%10c9sc9cc(-c%11nc(Cl)nc(-c%12ccccc%12)n%11)ccc9%10)cc8)cc7)n6)ccc45)cc3-c3ccccc3)cc2)nc(-c2ccc3c(c2)oc2cccc(-c4ccccc4)c23)n1. The number of thiophene rings is 2. The number of hydrogen-bond donors (Lipinski definition) is 0. The lowest BCUT2D eigenvalue weighted by Gasteiger charge is -2.15. The largest absolute Gasteiger partial charge is 0.456 e. The number of halogens is 3. The second-order valence-corrected chi connectivity index (χ2v) is 29.5. The molecule has 20 rings (SSSR count). The van der Waals surface area contributed by atoms with Crippen molar-refractivity contribution in [3.05, 3.63) is 331 Å². The molecule has 15 heteroatoms. The van der Waals surface area contributed by atoms with Gasteiger partial charge in [-0.05, 0) is 149 Å². The van der Waals surface area contributed by atoms with E-state index in [1.165, 1.54) is 25.6 Å². The Bertz CT molecular complexity index is 6940. The van der Waals surface area contributed by atoms with Crippen LogP contribution in [-0.2, 0) is 0 Å². The fraction of sp³-hybridized carbons (Fsp3) is 0. The van der Waals surface area contributed by atoms with E-state index < -0.39 is 0 Å². The molecule has 0 aliphatic carbocycles. The Morgan fingerprint density at radius 1 is 0.204 bits per heavy atom. The summed E-state index contributed by atoms with van der Waals surface area (Å²) < 4.78 is 11.1. The highest BCUT2D eigenvalue weighted by molar-refractivity contribution is 7.27. The summed E-state index contributed by atoms with van der Waals surface area (Å²) in [5, 5.41) is 7.11. The average molecular weight is 1480 g/mol. The van der Waals surface area contributed by atoms with Crippen LogP contribution in [0.5, 0.6) is 0 Å². The molecular formula is C93H52Cl3N9OS2. The summed E-state index contributed by atoms with van der Waals surface area (Å²) in [6, 6.07) is 110. The Kier molecular flexibility index (Phi) is 16.2. The van der Waals surface area contributed by atoms with Crippen molar-refractivity contribution >= 4 is 120 Å². The monoisotopic (exact) mass is 1480 g/mol. The van der Waals surface area contributed by atoms with Crippen LogP contribution in [0.4, 0.5) is 0 Å². The second kappa shape index (κ2) is 27.0. The van der Waals surface area contributed by atoms with Gasteiger partial charge in [-0.25, -0.2) is 15.0 Å². The van der Waals surface area contributed by atoms with Gasteiger partial charge in [0.2, 0.25) is 15.9 Å². The van der Waals surface area contributed by atoms with E-state index in [1.807, 2.05) is 84.9 Å². The molecule has 0 amide bonds. The van der Waals surface area contributed by atoms with Crippen molar-refractivity contribution in [2.24, 2.45) is 0 Å². The molecule has 108 heavy (non-hydrogen) atoms. The summed E-state index contributed by atoms with van der Waals surface area (Å²) >= 11 is 23.6. The summed E-state index contributed by atoms with van der Waals surface area (Å²) in [7, 11) is 0. The van der Waals surface area contributed by atoms with Gasteiger partial charge < -0.3 is 4.42 Å². The van der Waals surface area contributed by atoms with E-state index in [0.717, 1.165) is 148 Å². The van der Waals surface area contributed by atoms with Crippen LogP contribution in [0.15, 0.2) is 320 Å². The number of aromatic nitrogens is 9. The van der Waals surface area contributed by atoms with Crippen LogP contribution in [0, 0.1) is 0 Å². The van der Waals surface area contributed by atoms with Gasteiger partial charge in [-0.15, -0.1) is 22.7 Å². The summed E-state index contributed by atoms with van der Waals surface area (Å²) in [5.74, 6) is 2.95. The van der Waals surface area contributed by atoms with Crippen LogP contribution in [0.1, 0.15) is 0 Å². The van der Waals surface area contributed by atoms with Crippen molar-refractivity contribution < 1.29 is 4.42 Å². The topological polar surface area (TPSA) is 129 Å². The average Bonchev–Trinajstić information content (AvgIpc) is 1.59. The van der Waals surface area contributed by atoms with Gasteiger partial charge in [0.25, 0.3) is 0 Å². The lowest BCUT2D eigenvalue weighted by atomic mass is 9.89. The van der Waals surface area contributed by atoms with Crippen molar-refractivity contribution in [1.82, 2.24) is 44.9 Å². The third kappa shape index (κ3) is 11.9. The molecule has 0 atom stereocenters. The molecule has 0 spiro atoms. The normalized spacial score (nSPS) is 11.7. The molecule has 0 radical (unpaired) electrons. The van der Waals surface area contributed by atoms with Crippen LogP contribution in [0.2, 0.25) is 15.9 Å². The van der Waals surface area contributed by atoms with Crippen LogP contribution in [0.25, 0.3) is 208 Å². The highest BCUT2D eigenvalue weighted by atomic mass is 35.5. The van der Waals surface area contributed by atoms with Gasteiger partial charge in [-0.2, -0.15) is 29.9 Å².